The first kappa shape index (κ1) is 18.6. The van der Waals surface area contributed by atoms with Crippen LogP contribution in [0.1, 0.15) is 0 Å². The lowest BCUT2D eigenvalue weighted by molar-refractivity contribution is 0.187. The fourth-order valence-corrected chi connectivity index (χ4v) is 4.70. The van der Waals surface area contributed by atoms with Crippen molar-refractivity contribution in [2.75, 3.05) is 20.8 Å². The van der Waals surface area contributed by atoms with Crippen molar-refractivity contribution >= 4 is 31.6 Å². The summed E-state index contributed by atoms with van der Waals surface area (Å²) in [5.41, 5.74) is 0.706. The van der Waals surface area contributed by atoms with E-state index >= 15 is 0 Å². The van der Waals surface area contributed by atoms with Crippen LogP contribution in [0.15, 0.2) is 51.8 Å². The SMILES string of the molecule is COCCn1/c(=N/S(=O)(=O)c2ccc(OC)cc2)sc2cc(F)ccc21. The molecule has 0 aliphatic heterocycles. The Morgan fingerprint density at radius 2 is 1.88 bits per heavy atom. The lowest BCUT2D eigenvalue weighted by Gasteiger charge is -2.05. The first-order valence-electron chi connectivity index (χ1n) is 7.67. The Hall–Kier alpha value is -2.23. The molecule has 138 valence electrons. The number of hydrogen-bond donors (Lipinski definition) is 0. The normalized spacial score (nSPS) is 12.7. The Morgan fingerprint density at radius 1 is 1.15 bits per heavy atom. The molecule has 0 saturated heterocycles. The van der Waals surface area contributed by atoms with Crippen LogP contribution in [0.25, 0.3) is 10.2 Å². The molecule has 6 nitrogen and oxygen atoms in total. The number of thiazole rings is 1. The van der Waals surface area contributed by atoms with Gasteiger partial charge in [-0.3, -0.25) is 0 Å². The summed E-state index contributed by atoms with van der Waals surface area (Å²) in [6.45, 7) is 0.776. The molecule has 0 unspecified atom stereocenters. The van der Waals surface area contributed by atoms with Crippen LogP contribution in [0.4, 0.5) is 4.39 Å². The summed E-state index contributed by atoms with van der Waals surface area (Å²) in [4.78, 5) is 0.318. The Morgan fingerprint density at radius 3 is 2.54 bits per heavy atom. The Bertz CT molecular complexity index is 1090. The minimum atomic E-state index is -3.92. The molecule has 0 fully saturated rings. The van der Waals surface area contributed by atoms with Gasteiger partial charge in [0.2, 0.25) is 4.80 Å². The van der Waals surface area contributed by atoms with Crippen molar-refractivity contribution in [3.8, 4) is 5.75 Å². The maximum Gasteiger partial charge on any atom is 0.285 e. The van der Waals surface area contributed by atoms with Crippen LogP contribution in [0, 0.1) is 5.82 Å². The average Bonchev–Trinajstić information content (AvgIpc) is 2.95. The summed E-state index contributed by atoms with van der Waals surface area (Å²) >= 11 is 1.11. The largest absolute Gasteiger partial charge is 0.497 e. The van der Waals surface area contributed by atoms with Crippen LogP contribution < -0.4 is 9.54 Å². The van der Waals surface area contributed by atoms with Gasteiger partial charge in [-0.2, -0.15) is 8.42 Å². The van der Waals surface area contributed by atoms with Gasteiger partial charge in [0.05, 0.1) is 28.8 Å². The second kappa shape index (κ2) is 7.56. The molecule has 0 atom stereocenters. The summed E-state index contributed by atoms with van der Waals surface area (Å²) in [7, 11) is -0.861. The molecule has 2 aromatic carbocycles. The van der Waals surface area contributed by atoms with Gasteiger partial charge >= 0.3 is 0 Å². The van der Waals surface area contributed by atoms with Crippen LogP contribution in [0.2, 0.25) is 0 Å². The van der Waals surface area contributed by atoms with E-state index in [0.717, 1.165) is 11.3 Å². The van der Waals surface area contributed by atoms with Gasteiger partial charge in [0, 0.05) is 13.7 Å². The van der Waals surface area contributed by atoms with E-state index in [4.69, 9.17) is 9.47 Å². The van der Waals surface area contributed by atoms with Gasteiger partial charge < -0.3 is 14.0 Å². The summed E-state index contributed by atoms with van der Waals surface area (Å²) in [6, 6.07) is 10.3. The zero-order valence-electron chi connectivity index (χ0n) is 14.2. The van der Waals surface area contributed by atoms with Crippen LogP contribution in [0.5, 0.6) is 5.75 Å². The van der Waals surface area contributed by atoms with Crippen molar-refractivity contribution in [3.63, 3.8) is 0 Å². The van der Waals surface area contributed by atoms with Crippen molar-refractivity contribution < 1.29 is 22.3 Å². The topological polar surface area (TPSA) is 69.9 Å². The minimum Gasteiger partial charge on any atom is -0.497 e. The van der Waals surface area contributed by atoms with Crippen LogP contribution in [0.3, 0.4) is 0 Å². The van der Waals surface area contributed by atoms with Crippen molar-refractivity contribution in [1.29, 1.82) is 0 Å². The highest BCUT2D eigenvalue weighted by atomic mass is 32.2. The van der Waals surface area contributed by atoms with Gasteiger partial charge in [-0.1, -0.05) is 11.3 Å². The number of halogens is 1. The van der Waals surface area contributed by atoms with Crippen LogP contribution >= 0.6 is 11.3 Å². The molecular formula is C17H17FN2O4S2. The first-order valence-corrected chi connectivity index (χ1v) is 9.93. The molecule has 3 rings (SSSR count). The highest BCUT2D eigenvalue weighted by molar-refractivity contribution is 7.90. The molecule has 0 aliphatic rings. The van der Waals surface area contributed by atoms with Gasteiger partial charge in [0.15, 0.2) is 0 Å². The number of rotatable bonds is 6. The smallest absolute Gasteiger partial charge is 0.285 e. The molecule has 26 heavy (non-hydrogen) atoms. The number of nitrogens with zero attached hydrogens (tertiary/aromatic N) is 2. The summed E-state index contributed by atoms with van der Waals surface area (Å²) in [5, 5.41) is 0. The van der Waals surface area contributed by atoms with E-state index in [1.54, 1.807) is 29.9 Å². The van der Waals surface area contributed by atoms with Crippen LogP contribution in [-0.4, -0.2) is 33.8 Å². The van der Waals surface area contributed by atoms with E-state index in [1.165, 1.54) is 31.4 Å². The van der Waals surface area contributed by atoms with Gasteiger partial charge in [-0.15, -0.1) is 4.40 Å². The third kappa shape index (κ3) is 3.79. The number of fused-ring (bicyclic) bond motifs is 1. The number of benzene rings is 2. The summed E-state index contributed by atoms with van der Waals surface area (Å²) < 4.78 is 55.2. The number of sulfonamides is 1. The average molecular weight is 396 g/mol. The third-order valence-corrected chi connectivity index (χ3v) is 6.16. The highest BCUT2D eigenvalue weighted by Crippen LogP contribution is 2.21. The zero-order chi connectivity index (χ0) is 18.7. The van der Waals surface area contributed by atoms with Crippen molar-refractivity contribution in [1.82, 2.24) is 4.57 Å². The third-order valence-electron chi connectivity index (χ3n) is 3.72. The summed E-state index contributed by atoms with van der Waals surface area (Å²) in [6.07, 6.45) is 0. The van der Waals surface area contributed by atoms with Crippen molar-refractivity contribution in [3.05, 3.63) is 53.1 Å². The molecule has 1 heterocycles. The number of aromatic nitrogens is 1. The Balaban J connectivity index is 2.15. The standard InChI is InChI=1S/C17H17FN2O4S2/c1-23-10-9-20-15-8-3-12(18)11-16(15)25-17(20)19-26(21,22)14-6-4-13(24-2)5-7-14/h3-8,11H,9-10H2,1-2H3/b19-17-. The van der Waals surface area contributed by atoms with E-state index in [1.807, 2.05) is 0 Å². The molecule has 0 saturated carbocycles. The number of hydrogen-bond acceptors (Lipinski definition) is 5. The monoisotopic (exact) mass is 396 g/mol. The molecule has 0 bridgehead atoms. The fourth-order valence-electron chi connectivity index (χ4n) is 2.42. The molecule has 0 spiro atoms. The molecule has 0 aliphatic carbocycles. The van der Waals surface area contributed by atoms with Gasteiger partial charge in [-0.05, 0) is 42.5 Å². The Labute approximate surface area is 154 Å². The molecule has 1 aromatic heterocycles. The van der Waals surface area contributed by atoms with Crippen LogP contribution in [-0.2, 0) is 21.3 Å². The predicted molar refractivity (Wildman–Crippen MR) is 97.4 cm³/mol. The first-order chi connectivity index (χ1) is 12.4. The van der Waals surface area contributed by atoms with E-state index in [-0.39, 0.29) is 15.5 Å². The lowest BCUT2D eigenvalue weighted by Crippen LogP contribution is -2.19. The number of methoxy groups -OCH3 is 2. The maximum atomic E-state index is 13.5. The van der Waals surface area contributed by atoms with Gasteiger partial charge in [-0.25, -0.2) is 4.39 Å². The van der Waals surface area contributed by atoms with Gasteiger partial charge in [0.1, 0.15) is 11.6 Å². The van der Waals surface area contributed by atoms with E-state index in [2.05, 4.69) is 4.40 Å². The number of ether oxygens (including phenoxy) is 2. The summed E-state index contributed by atoms with van der Waals surface area (Å²) in [5.74, 6) is 0.165. The van der Waals surface area contributed by atoms with Crippen molar-refractivity contribution in [2.24, 2.45) is 4.40 Å². The molecule has 3 aromatic rings. The Kier molecular flexibility index (Phi) is 5.40. The maximum absolute atomic E-state index is 13.5. The van der Waals surface area contributed by atoms with Crippen molar-refractivity contribution in [2.45, 2.75) is 11.4 Å². The molecule has 0 amide bonds. The second-order valence-electron chi connectivity index (χ2n) is 5.38. The molecule has 0 N–H and O–H groups in total. The minimum absolute atomic E-state index is 0.0558. The predicted octanol–water partition coefficient (Wildman–Crippen LogP) is 2.79. The van der Waals surface area contributed by atoms with E-state index in [9.17, 15) is 12.8 Å². The van der Waals surface area contributed by atoms with Gasteiger partial charge in [0.25, 0.3) is 10.0 Å². The highest BCUT2D eigenvalue weighted by Gasteiger charge is 2.15. The second-order valence-corrected chi connectivity index (χ2v) is 8.00. The molecule has 0 radical (unpaired) electrons. The van der Waals surface area contributed by atoms with E-state index < -0.39 is 10.0 Å². The molecule has 9 heteroatoms. The zero-order valence-corrected chi connectivity index (χ0v) is 15.8. The quantitative estimate of drug-likeness (QED) is 0.642. The molecular weight excluding hydrogens is 379 g/mol. The fraction of sp³-hybridized carbons (Fsp3) is 0.235. The lowest BCUT2D eigenvalue weighted by atomic mass is 10.3. The van der Waals surface area contributed by atoms with E-state index in [0.29, 0.717) is 29.1 Å².